The van der Waals surface area contributed by atoms with E-state index >= 15 is 0 Å². The first-order chi connectivity index (χ1) is 15.6. The molecule has 3 aromatic rings. The van der Waals surface area contributed by atoms with Crippen molar-refractivity contribution >= 4 is 44.9 Å². The average Bonchev–Trinajstić information content (AvgIpc) is 3.37. The van der Waals surface area contributed by atoms with Gasteiger partial charge in [-0.15, -0.1) is 11.3 Å². The second kappa shape index (κ2) is 9.44. The van der Waals surface area contributed by atoms with Gasteiger partial charge < -0.3 is 25.6 Å². The van der Waals surface area contributed by atoms with Crippen molar-refractivity contribution in [2.24, 2.45) is 5.92 Å². The molecule has 1 aliphatic carbocycles. The Balaban J connectivity index is 1.51. The highest BCUT2D eigenvalue weighted by molar-refractivity contribution is 7.21. The minimum atomic E-state index is -0.573. The monoisotopic (exact) mass is 475 g/mol. The van der Waals surface area contributed by atoms with Crippen LogP contribution in [0.1, 0.15) is 25.7 Å². The number of aliphatic hydroxyl groups is 2. The van der Waals surface area contributed by atoms with E-state index in [-0.39, 0.29) is 24.6 Å². The van der Waals surface area contributed by atoms with Crippen molar-refractivity contribution in [3.05, 3.63) is 29.4 Å². The summed E-state index contributed by atoms with van der Waals surface area (Å²) in [6.07, 6.45) is 2.39. The van der Waals surface area contributed by atoms with Crippen molar-refractivity contribution in [1.82, 2.24) is 15.0 Å². The topological polar surface area (TPSA) is 112 Å². The fourth-order valence-corrected chi connectivity index (χ4v) is 5.72. The van der Waals surface area contributed by atoms with Crippen LogP contribution in [0.4, 0.5) is 11.8 Å². The molecule has 0 bridgehead atoms. The highest BCUT2D eigenvalue weighted by Crippen LogP contribution is 2.40. The number of para-hydroxylation sites is 1. The SMILES string of the molecule is OC[C@@H]1C[C@@H](O)[C@H](Nc2nc(NC3CCOCC3)nc(Cl)c2-c2nc3ccccc3s2)C1. The maximum atomic E-state index is 10.5. The van der Waals surface area contributed by atoms with Gasteiger partial charge in [0.05, 0.1) is 27.9 Å². The van der Waals surface area contributed by atoms with Crippen LogP contribution in [0.5, 0.6) is 0 Å². The number of aliphatic hydroxyl groups excluding tert-OH is 2. The smallest absolute Gasteiger partial charge is 0.226 e. The molecule has 1 aromatic carbocycles. The molecule has 2 aromatic heterocycles. The molecule has 10 heteroatoms. The molecule has 3 atom stereocenters. The number of fused-ring (bicyclic) bond motifs is 1. The number of halogens is 1. The van der Waals surface area contributed by atoms with Crippen LogP contribution in [0.25, 0.3) is 20.8 Å². The van der Waals surface area contributed by atoms with Crippen molar-refractivity contribution in [2.75, 3.05) is 30.5 Å². The normalized spacial score (nSPS) is 24.2. The van der Waals surface area contributed by atoms with E-state index in [9.17, 15) is 10.2 Å². The summed E-state index contributed by atoms with van der Waals surface area (Å²) in [4.78, 5) is 14.0. The molecular weight excluding hydrogens is 450 g/mol. The fourth-order valence-electron chi connectivity index (χ4n) is 4.39. The van der Waals surface area contributed by atoms with E-state index in [0.29, 0.717) is 48.5 Å². The van der Waals surface area contributed by atoms with Gasteiger partial charge in [-0.05, 0) is 43.7 Å². The number of hydrogen-bond donors (Lipinski definition) is 4. The number of nitrogens with one attached hydrogen (secondary N) is 2. The number of ether oxygens (including phenoxy) is 1. The van der Waals surface area contributed by atoms with Crippen LogP contribution in [-0.4, -0.2) is 63.2 Å². The van der Waals surface area contributed by atoms with Gasteiger partial charge in [-0.25, -0.2) is 9.97 Å². The minimum absolute atomic E-state index is 0.0566. The molecule has 8 nitrogen and oxygen atoms in total. The summed E-state index contributed by atoms with van der Waals surface area (Å²) >= 11 is 8.23. The molecule has 170 valence electrons. The van der Waals surface area contributed by atoms with E-state index in [1.165, 1.54) is 11.3 Å². The zero-order chi connectivity index (χ0) is 22.1. The third-order valence-electron chi connectivity index (χ3n) is 6.13. The van der Waals surface area contributed by atoms with Crippen LogP contribution in [0.15, 0.2) is 24.3 Å². The summed E-state index contributed by atoms with van der Waals surface area (Å²) in [5.74, 6) is 1.05. The van der Waals surface area contributed by atoms with Crippen LogP contribution >= 0.6 is 22.9 Å². The van der Waals surface area contributed by atoms with Crippen molar-refractivity contribution in [3.8, 4) is 10.6 Å². The van der Waals surface area contributed by atoms with Gasteiger partial charge in [0.15, 0.2) is 0 Å². The summed E-state index contributed by atoms with van der Waals surface area (Å²) in [5, 5.41) is 27.9. The fraction of sp³-hybridized carbons (Fsp3) is 0.500. The van der Waals surface area contributed by atoms with E-state index < -0.39 is 6.10 Å². The van der Waals surface area contributed by atoms with Crippen LogP contribution in [0.3, 0.4) is 0 Å². The van der Waals surface area contributed by atoms with Crippen LogP contribution < -0.4 is 10.6 Å². The Morgan fingerprint density at radius 1 is 1.09 bits per heavy atom. The van der Waals surface area contributed by atoms with E-state index in [1.54, 1.807) is 0 Å². The van der Waals surface area contributed by atoms with Crippen LogP contribution in [0, 0.1) is 5.92 Å². The third-order valence-corrected chi connectivity index (χ3v) is 7.46. The molecule has 0 amide bonds. The zero-order valence-corrected chi connectivity index (χ0v) is 19.1. The van der Waals surface area contributed by atoms with E-state index in [2.05, 4.69) is 15.6 Å². The second-order valence-corrected chi connectivity index (χ2v) is 9.81. The summed E-state index contributed by atoms with van der Waals surface area (Å²) < 4.78 is 6.49. The molecule has 3 heterocycles. The lowest BCUT2D eigenvalue weighted by atomic mass is 10.1. The largest absolute Gasteiger partial charge is 0.396 e. The summed E-state index contributed by atoms with van der Waals surface area (Å²) in [6.45, 7) is 1.47. The number of benzene rings is 1. The molecule has 5 rings (SSSR count). The Morgan fingerprint density at radius 3 is 2.66 bits per heavy atom. The average molecular weight is 476 g/mol. The van der Waals surface area contributed by atoms with Gasteiger partial charge in [-0.2, -0.15) is 4.98 Å². The first-order valence-corrected chi connectivity index (χ1v) is 12.1. The number of thiazole rings is 1. The molecule has 0 radical (unpaired) electrons. The lowest BCUT2D eigenvalue weighted by Crippen LogP contribution is -2.30. The number of aromatic nitrogens is 3. The maximum Gasteiger partial charge on any atom is 0.226 e. The van der Waals surface area contributed by atoms with Gasteiger partial charge in [0, 0.05) is 25.9 Å². The predicted octanol–water partition coefficient (Wildman–Crippen LogP) is 3.54. The minimum Gasteiger partial charge on any atom is -0.396 e. The Labute approximate surface area is 195 Å². The second-order valence-electron chi connectivity index (χ2n) is 8.42. The summed E-state index contributed by atoms with van der Waals surface area (Å²) in [7, 11) is 0. The predicted molar refractivity (Wildman–Crippen MR) is 126 cm³/mol. The lowest BCUT2D eigenvalue weighted by Gasteiger charge is -2.24. The van der Waals surface area contributed by atoms with E-state index in [1.807, 2.05) is 24.3 Å². The van der Waals surface area contributed by atoms with E-state index in [0.717, 1.165) is 28.1 Å². The number of nitrogens with zero attached hydrogens (tertiary/aromatic N) is 3. The summed E-state index contributed by atoms with van der Waals surface area (Å²) in [6, 6.07) is 7.90. The first-order valence-electron chi connectivity index (χ1n) is 10.9. The Bertz CT molecular complexity index is 1060. The highest BCUT2D eigenvalue weighted by Gasteiger charge is 2.34. The molecule has 0 spiro atoms. The molecular formula is C22H26ClN5O3S. The van der Waals surface area contributed by atoms with Crippen LogP contribution in [-0.2, 0) is 4.74 Å². The molecule has 1 aliphatic heterocycles. The van der Waals surface area contributed by atoms with Gasteiger partial charge in [-0.1, -0.05) is 23.7 Å². The Hall–Kier alpha value is -2.04. The van der Waals surface area contributed by atoms with Crippen molar-refractivity contribution in [2.45, 2.75) is 43.9 Å². The van der Waals surface area contributed by atoms with Gasteiger partial charge in [0.25, 0.3) is 0 Å². The molecule has 32 heavy (non-hydrogen) atoms. The van der Waals surface area contributed by atoms with E-state index in [4.69, 9.17) is 26.3 Å². The standard InChI is InChI=1S/C22H26ClN5O3S/c23-19-18(21-26-14-3-1-2-4-17(14)32-21)20(25-15-9-12(11-29)10-16(15)30)28-22(27-19)24-13-5-7-31-8-6-13/h1-4,12-13,15-16,29-30H,5-11H2,(H2,24,25,27,28)/t12-,15+,16+/m0/s1. The van der Waals surface area contributed by atoms with Gasteiger partial charge in [-0.3, -0.25) is 0 Å². The Kier molecular flexibility index (Phi) is 6.43. The highest BCUT2D eigenvalue weighted by atomic mass is 35.5. The van der Waals surface area contributed by atoms with Crippen molar-refractivity contribution < 1.29 is 14.9 Å². The number of rotatable bonds is 6. The molecule has 1 saturated carbocycles. The number of anilines is 2. The lowest BCUT2D eigenvalue weighted by molar-refractivity contribution is 0.0903. The van der Waals surface area contributed by atoms with Gasteiger partial charge in [0.2, 0.25) is 5.95 Å². The van der Waals surface area contributed by atoms with Crippen molar-refractivity contribution in [1.29, 1.82) is 0 Å². The number of hydrogen-bond acceptors (Lipinski definition) is 9. The molecule has 4 N–H and O–H groups in total. The quantitative estimate of drug-likeness (QED) is 0.400. The molecule has 2 fully saturated rings. The summed E-state index contributed by atoms with van der Waals surface area (Å²) in [5.41, 5.74) is 1.52. The van der Waals surface area contributed by atoms with Crippen molar-refractivity contribution in [3.63, 3.8) is 0 Å². The zero-order valence-electron chi connectivity index (χ0n) is 17.5. The molecule has 2 aliphatic rings. The van der Waals surface area contributed by atoms with Crippen LogP contribution in [0.2, 0.25) is 5.15 Å². The third kappa shape index (κ3) is 4.53. The maximum absolute atomic E-state index is 10.5. The molecule has 0 unspecified atom stereocenters. The first kappa shape index (κ1) is 21.8. The van der Waals surface area contributed by atoms with Gasteiger partial charge in [0.1, 0.15) is 16.0 Å². The Morgan fingerprint density at radius 2 is 1.91 bits per heavy atom. The molecule has 1 saturated heterocycles. The van der Waals surface area contributed by atoms with Gasteiger partial charge >= 0.3 is 0 Å².